The van der Waals surface area contributed by atoms with Crippen LogP contribution >= 0.6 is 35.8 Å². The third-order valence-electron chi connectivity index (χ3n) is 3.00. The number of nitrogens with one attached hydrogen (secondary N) is 1. The number of anilines is 1. The predicted octanol–water partition coefficient (Wildman–Crippen LogP) is 2.46. The maximum absolute atomic E-state index is 6.01. The Morgan fingerprint density at radius 1 is 1.50 bits per heavy atom. The van der Waals surface area contributed by atoms with Crippen LogP contribution in [0.5, 0.6) is 0 Å². The summed E-state index contributed by atoms with van der Waals surface area (Å²) in [7, 11) is 2.01. The topological polar surface area (TPSA) is 41.0 Å². The number of hydrogen-bond donors (Lipinski definition) is 1. The molecule has 1 N–H and O–H groups in total. The van der Waals surface area contributed by atoms with Crippen LogP contribution in [0.15, 0.2) is 11.2 Å². The van der Waals surface area contributed by atoms with Crippen LogP contribution < -0.4 is 10.2 Å². The predicted molar refractivity (Wildman–Crippen MR) is 80.4 cm³/mol. The molecule has 7 heteroatoms. The summed E-state index contributed by atoms with van der Waals surface area (Å²) < 4.78 is 0. The van der Waals surface area contributed by atoms with E-state index in [0.29, 0.717) is 11.2 Å². The number of likely N-dealkylation sites (N-methyl/N-ethyl adjacent to an activating group) is 1. The summed E-state index contributed by atoms with van der Waals surface area (Å²) in [5.41, 5.74) is 0. The molecule has 0 aromatic carbocycles. The van der Waals surface area contributed by atoms with Gasteiger partial charge < -0.3 is 10.2 Å². The van der Waals surface area contributed by atoms with Gasteiger partial charge in [-0.1, -0.05) is 23.4 Å². The molecule has 0 saturated carbocycles. The average Bonchev–Trinajstić information content (AvgIpc) is 2.38. The largest absolute Gasteiger partial charge is 0.355 e. The number of piperidine rings is 1. The molecule has 0 spiro atoms. The quantitative estimate of drug-likeness (QED) is 0.528. The first-order valence-corrected chi connectivity index (χ1v) is 7.34. The monoisotopic (exact) mass is 308 g/mol. The van der Waals surface area contributed by atoms with Crippen molar-refractivity contribution in [3.63, 3.8) is 0 Å². The van der Waals surface area contributed by atoms with E-state index in [9.17, 15) is 0 Å². The van der Waals surface area contributed by atoms with Gasteiger partial charge in [-0.25, -0.2) is 9.97 Å². The normalized spacial score (nSPS) is 19.5. The summed E-state index contributed by atoms with van der Waals surface area (Å²) >= 11 is 7.53. The molecule has 1 fully saturated rings. The van der Waals surface area contributed by atoms with Gasteiger partial charge in [-0.05, 0) is 26.1 Å². The fourth-order valence-corrected chi connectivity index (χ4v) is 2.66. The highest BCUT2D eigenvalue weighted by Crippen LogP contribution is 2.23. The zero-order chi connectivity index (χ0) is 12.3. The second kappa shape index (κ2) is 7.38. The minimum atomic E-state index is 0. The summed E-state index contributed by atoms with van der Waals surface area (Å²) in [6.07, 6.45) is 4.37. The first-order chi connectivity index (χ1) is 8.22. The Bertz CT molecular complexity index is 391. The van der Waals surface area contributed by atoms with Crippen molar-refractivity contribution in [2.75, 3.05) is 31.3 Å². The number of thioether (sulfide) groups is 1. The Labute approximate surface area is 123 Å². The highest BCUT2D eigenvalue weighted by Gasteiger charge is 2.20. The SMILES string of the molecule is CNC1CCCN(c2cc(Cl)nc(SC)n2)C1.Cl. The van der Waals surface area contributed by atoms with E-state index in [4.69, 9.17) is 11.6 Å². The van der Waals surface area contributed by atoms with Crippen molar-refractivity contribution in [1.82, 2.24) is 15.3 Å². The molecule has 1 saturated heterocycles. The molecule has 2 heterocycles. The van der Waals surface area contributed by atoms with E-state index < -0.39 is 0 Å². The molecule has 1 aliphatic rings. The summed E-state index contributed by atoms with van der Waals surface area (Å²) in [5, 5.41) is 4.58. The van der Waals surface area contributed by atoms with E-state index in [2.05, 4.69) is 20.2 Å². The van der Waals surface area contributed by atoms with Gasteiger partial charge in [0.05, 0.1) is 0 Å². The van der Waals surface area contributed by atoms with Gasteiger partial charge in [0.15, 0.2) is 5.16 Å². The molecule has 1 unspecified atom stereocenters. The van der Waals surface area contributed by atoms with Crippen LogP contribution in [0.3, 0.4) is 0 Å². The van der Waals surface area contributed by atoms with Crippen molar-refractivity contribution in [3.8, 4) is 0 Å². The molecule has 0 bridgehead atoms. The van der Waals surface area contributed by atoms with Gasteiger partial charge >= 0.3 is 0 Å². The van der Waals surface area contributed by atoms with Gasteiger partial charge in [0.1, 0.15) is 11.0 Å². The number of halogens is 2. The highest BCUT2D eigenvalue weighted by atomic mass is 35.5. The molecule has 18 heavy (non-hydrogen) atoms. The first kappa shape index (κ1) is 15.8. The lowest BCUT2D eigenvalue weighted by atomic mass is 10.1. The van der Waals surface area contributed by atoms with E-state index in [0.717, 1.165) is 24.1 Å². The molecule has 1 aromatic rings. The van der Waals surface area contributed by atoms with Crippen LogP contribution in [0.25, 0.3) is 0 Å². The lowest BCUT2D eigenvalue weighted by Gasteiger charge is -2.33. The highest BCUT2D eigenvalue weighted by molar-refractivity contribution is 7.98. The molecular weight excluding hydrogens is 291 g/mol. The Kier molecular flexibility index (Phi) is 6.49. The van der Waals surface area contributed by atoms with E-state index in [-0.39, 0.29) is 12.4 Å². The van der Waals surface area contributed by atoms with Crippen molar-refractivity contribution in [2.45, 2.75) is 24.0 Å². The number of rotatable bonds is 3. The standard InChI is InChI=1S/C11H17ClN4S.ClH/c1-13-8-4-3-5-16(7-8)10-6-9(12)14-11(15-10)17-2;/h6,8,13H,3-5,7H2,1-2H3;1H. The zero-order valence-electron chi connectivity index (χ0n) is 10.5. The van der Waals surface area contributed by atoms with Crippen LogP contribution in [0.2, 0.25) is 5.15 Å². The minimum Gasteiger partial charge on any atom is -0.355 e. The van der Waals surface area contributed by atoms with Gasteiger partial charge in [0.25, 0.3) is 0 Å². The van der Waals surface area contributed by atoms with Crippen molar-refractivity contribution < 1.29 is 0 Å². The van der Waals surface area contributed by atoms with E-state index >= 15 is 0 Å². The van der Waals surface area contributed by atoms with Crippen LogP contribution in [0, 0.1) is 0 Å². The van der Waals surface area contributed by atoms with Gasteiger partial charge in [0.2, 0.25) is 0 Å². The third kappa shape index (κ3) is 3.88. The molecule has 4 nitrogen and oxygen atoms in total. The number of nitrogens with zero attached hydrogens (tertiary/aromatic N) is 3. The van der Waals surface area contributed by atoms with Crippen molar-refractivity contribution >= 4 is 41.6 Å². The van der Waals surface area contributed by atoms with Crippen LogP contribution in [-0.4, -0.2) is 42.4 Å². The second-order valence-electron chi connectivity index (χ2n) is 4.11. The van der Waals surface area contributed by atoms with Crippen molar-refractivity contribution in [2.24, 2.45) is 0 Å². The fourth-order valence-electron chi connectivity index (χ4n) is 2.06. The molecule has 1 aromatic heterocycles. The molecule has 2 rings (SSSR count). The number of aromatic nitrogens is 2. The lowest BCUT2D eigenvalue weighted by Crippen LogP contribution is -2.44. The molecule has 0 radical (unpaired) electrons. The molecule has 0 aliphatic carbocycles. The Hall–Kier alpha value is -0.230. The van der Waals surface area contributed by atoms with E-state index in [1.807, 2.05) is 19.4 Å². The van der Waals surface area contributed by atoms with Crippen molar-refractivity contribution in [1.29, 1.82) is 0 Å². The summed E-state index contributed by atoms with van der Waals surface area (Å²) in [6, 6.07) is 2.38. The van der Waals surface area contributed by atoms with E-state index in [1.165, 1.54) is 24.6 Å². The second-order valence-corrected chi connectivity index (χ2v) is 5.27. The van der Waals surface area contributed by atoms with Gasteiger partial charge in [0, 0.05) is 25.2 Å². The van der Waals surface area contributed by atoms with Gasteiger partial charge in [-0.3, -0.25) is 0 Å². The van der Waals surface area contributed by atoms with Crippen LogP contribution in [-0.2, 0) is 0 Å². The zero-order valence-corrected chi connectivity index (χ0v) is 12.9. The first-order valence-electron chi connectivity index (χ1n) is 5.73. The Morgan fingerprint density at radius 2 is 2.28 bits per heavy atom. The Balaban J connectivity index is 0.00000162. The Morgan fingerprint density at radius 3 is 2.94 bits per heavy atom. The fraction of sp³-hybridized carbons (Fsp3) is 0.636. The molecule has 1 atom stereocenters. The smallest absolute Gasteiger partial charge is 0.190 e. The molecule has 1 aliphatic heterocycles. The molecule has 102 valence electrons. The summed E-state index contributed by atoms with van der Waals surface area (Å²) in [4.78, 5) is 10.9. The maximum Gasteiger partial charge on any atom is 0.190 e. The minimum absolute atomic E-state index is 0. The number of hydrogen-bond acceptors (Lipinski definition) is 5. The third-order valence-corrected chi connectivity index (χ3v) is 3.74. The van der Waals surface area contributed by atoms with Gasteiger partial charge in [-0.15, -0.1) is 12.4 Å². The molecular formula is C11H18Cl2N4S. The van der Waals surface area contributed by atoms with Gasteiger partial charge in [-0.2, -0.15) is 0 Å². The van der Waals surface area contributed by atoms with Crippen LogP contribution in [0.1, 0.15) is 12.8 Å². The van der Waals surface area contributed by atoms with E-state index in [1.54, 1.807) is 0 Å². The maximum atomic E-state index is 6.01. The summed E-state index contributed by atoms with van der Waals surface area (Å²) in [5.74, 6) is 0.939. The summed E-state index contributed by atoms with van der Waals surface area (Å²) in [6.45, 7) is 2.02. The average molecular weight is 309 g/mol. The lowest BCUT2D eigenvalue weighted by molar-refractivity contribution is 0.447. The molecule has 0 amide bonds. The van der Waals surface area contributed by atoms with Crippen LogP contribution in [0.4, 0.5) is 5.82 Å². The van der Waals surface area contributed by atoms with Crippen molar-refractivity contribution in [3.05, 3.63) is 11.2 Å².